The van der Waals surface area contributed by atoms with Gasteiger partial charge in [-0.05, 0) is 12.1 Å². The van der Waals surface area contributed by atoms with E-state index in [0.717, 1.165) is 0 Å². The van der Waals surface area contributed by atoms with Crippen LogP contribution in [-0.4, -0.2) is 41.7 Å². The Bertz CT molecular complexity index is 1000. The van der Waals surface area contributed by atoms with E-state index in [0.29, 0.717) is 24.3 Å². The predicted octanol–water partition coefficient (Wildman–Crippen LogP) is 7.87. The lowest BCUT2D eigenvalue weighted by Gasteiger charge is -2.45. The van der Waals surface area contributed by atoms with Crippen LogP contribution in [0.15, 0.2) is 48.5 Å². The van der Waals surface area contributed by atoms with Crippen LogP contribution in [-0.2, 0) is 5.67 Å². The van der Waals surface area contributed by atoms with Gasteiger partial charge in [0.2, 0.25) is 5.67 Å². The highest BCUT2D eigenvalue weighted by atomic mass is 19.4. The van der Waals surface area contributed by atoms with Gasteiger partial charge < -0.3 is 0 Å². The van der Waals surface area contributed by atoms with E-state index in [-0.39, 0.29) is 24.3 Å². The van der Waals surface area contributed by atoms with Crippen LogP contribution in [0.1, 0.15) is 11.1 Å². The second kappa shape index (κ2) is 8.43. The van der Waals surface area contributed by atoms with Crippen molar-refractivity contribution in [2.75, 3.05) is 0 Å². The second-order valence-electron chi connectivity index (χ2n) is 7.18. The molecule has 36 heavy (non-hydrogen) atoms. The van der Waals surface area contributed by atoms with Gasteiger partial charge in [-0.25, -0.2) is 4.39 Å². The van der Waals surface area contributed by atoms with Gasteiger partial charge in [-0.15, -0.1) is 0 Å². The molecule has 0 aromatic heterocycles. The molecule has 0 saturated heterocycles. The van der Waals surface area contributed by atoms with Crippen molar-refractivity contribution in [2.45, 2.75) is 47.4 Å². The number of alkyl halides is 16. The fourth-order valence-electron chi connectivity index (χ4n) is 2.95. The molecule has 0 aliphatic heterocycles. The molecule has 0 spiro atoms. The van der Waals surface area contributed by atoms with Gasteiger partial charge in [0, 0.05) is 11.1 Å². The Morgan fingerprint density at radius 3 is 0.889 bits per heavy atom. The second-order valence-corrected chi connectivity index (χ2v) is 7.18. The molecular formula is C20H8F16. The highest BCUT2D eigenvalue weighted by molar-refractivity contribution is 5.40. The van der Waals surface area contributed by atoms with Crippen LogP contribution in [0.4, 0.5) is 70.2 Å². The van der Waals surface area contributed by atoms with E-state index < -0.39 is 58.5 Å². The van der Waals surface area contributed by atoms with Gasteiger partial charge in [-0.1, -0.05) is 48.5 Å². The van der Waals surface area contributed by atoms with E-state index in [2.05, 4.69) is 12.1 Å². The maximum Gasteiger partial charge on any atom is 0.460 e. The average molecular weight is 552 g/mol. The van der Waals surface area contributed by atoms with Crippen molar-refractivity contribution in [3.63, 3.8) is 0 Å². The lowest BCUT2D eigenvalue weighted by molar-refractivity contribution is -0.457. The first kappa shape index (κ1) is 29.5. The molecule has 200 valence electrons. The number of hydrogen-bond acceptors (Lipinski definition) is 0. The Labute approximate surface area is 190 Å². The summed E-state index contributed by atoms with van der Waals surface area (Å²) in [4.78, 5) is 0. The quantitative estimate of drug-likeness (QED) is 0.293. The van der Waals surface area contributed by atoms with Crippen LogP contribution in [0, 0.1) is 12.1 Å². The zero-order valence-corrected chi connectivity index (χ0v) is 16.7. The molecule has 16 heteroatoms. The molecule has 0 heterocycles. The van der Waals surface area contributed by atoms with Gasteiger partial charge in [-0.3, -0.25) is 0 Å². The van der Waals surface area contributed by atoms with Gasteiger partial charge >= 0.3 is 41.7 Å². The van der Waals surface area contributed by atoms with Crippen molar-refractivity contribution in [3.05, 3.63) is 71.8 Å². The minimum absolute atomic E-state index is 0.226. The Morgan fingerprint density at radius 2 is 0.611 bits per heavy atom. The molecule has 2 radical (unpaired) electrons. The van der Waals surface area contributed by atoms with Gasteiger partial charge in [0.15, 0.2) is 0 Å². The molecule has 0 nitrogen and oxygen atoms in total. The van der Waals surface area contributed by atoms with Crippen molar-refractivity contribution >= 4 is 0 Å². The first-order valence-electron chi connectivity index (χ1n) is 8.92. The molecule has 0 atom stereocenters. The van der Waals surface area contributed by atoms with Crippen LogP contribution in [0.2, 0.25) is 0 Å². The smallest absolute Gasteiger partial charge is 0.226 e. The third kappa shape index (κ3) is 3.69. The Hall–Kier alpha value is -2.68. The Morgan fingerprint density at radius 1 is 0.361 bits per heavy atom. The van der Waals surface area contributed by atoms with Crippen molar-refractivity contribution < 1.29 is 70.2 Å². The van der Waals surface area contributed by atoms with Gasteiger partial charge in [0.05, 0.1) is 0 Å². The third-order valence-corrected chi connectivity index (χ3v) is 4.99. The lowest BCUT2D eigenvalue weighted by atomic mass is 9.77. The van der Waals surface area contributed by atoms with Crippen LogP contribution in [0.3, 0.4) is 0 Å². The number of halogens is 16. The molecule has 2 aromatic carbocycles. The SMILES string of the molecule is FC(F)(F)C(F)(F)C(F)(F)C(F)(F)C(F)(F)C(F)(F)C(F)(F)C(F)(c1cc[c]cc1)c1cc[c]cc1. The van der Waals surface area contributed by atoms with E-state index in [4.69, 9.17) is 0 Å². The van der Waals surface area contributed by atoms with E-state index >= 15 is 4.39 Å². The summed E-state index contributed by atoms with van der Waals surface area (Å²) < 4.78 is 220. The standard InChI is InChI=1S/C20H8F16/c21-13(11-7-3-1-4-8-11,12-9-5-2-6-10-12)14(22,23)15(24,25)16(26,27)17(28,29)18(30,31)19(32,33)20(34,35)36/h3-10H. The molecule has 0 aliphatic carbocycles. The molecular weight excluding hydrogens is 544 g/mol. The minimum atomic E-state index is -8.51. The summed E-state index contributed by atoms with van der Waals surface area (Å²) in [7, 11) is 0. The van der Waals surface area contributed by atoms with Crippen LogP contribution >= 0.6 is 0 Å². The highest BCUT2D eigenvalue weighted by Gasteiger charge is 2.95. The van der Waals surface area contributed by atoms with Gasteiger partial charge in [-0.2, -0.15) is 65.9 Å². The third-order valence-electron chi connectivity index (χ3n) is 4.99. The highest BCUT2D eigenvalue weighted by Crippen LogP contribution is 2.65. The largest absolute Gasteiger partial charge is 0.460 e. The van der Waals surface area contributed by atoms with Crippen LogP contribution < -0.4 is 0 Å². The molecule has 0 saturated carbocycles. The first-order valence-corrected chi connectivity index (χ1v) is 8.92. The van der Waals surface area contributed by atoms with Crippen molar-refractivity contribution in [1.29, 1.82) is 0 Å². The fourth-order valence-corrected chi connectivity index (χ4v) is 2.95. The van der Waals surface area contributed by atoms with E-state index in [1.807, 2.05) is 0 Å². The summed E-state index contributed by atoms with van der Waals surface area (Å²) in [6.07, 6.45) is -7.72. The van der Waals surface area contributed by atoms with Gasteiger partial charge in [0.1, 0.15) is 0 Å². The molecule has 0 aliphatic rings. The molecule has 0 fully saturated rings. The maximum atomic E-state index is 15.8. The Balaban J connectivity index is 2.83. The zero-order valence-electron chi connectivity index (χ0n) is 16.7. The fraction of sp³-hybridized carbons (Fsp3) is 0.400. The van der Waals surface area contributed by atoms with E-state index in [1.165, 1.54) is 0 Å². The zero-order chi connectivity index (χ0) is 28.2. The van der Waals surface area contributed by atoms with Crippen molar-refractivity contribution in [3.8, 4) is 0 Å². The lowest BCUT2D eigenvalue weighted by Crippen LogP contribution is -2.74. The predicted molar refractivity (Wildman–Crippen MR) is 88.2 cm³/mol. The number of benzene rings is 2. The summed E-state index contributed by atoms with van der Waals surface area (Å²) in [5, 5.41) is 0. The van der Waals surface area contributed by atoms with E-state index in [9.17, 15) is 65.9 Å². The normalized spacial score (nSPS) is 15.2. The molecule has 0 unspecified atom stereocenters. The van der Waals surface area contributed by atoms with Crippen molar-refractivity contribution in [1.82, 2.24) is 0 Å². The number of hydrogen-bond donors (Lipinski definition) is 0. The molecule has 2 aromatic rings. The van der Waals surface area contributed by atoms with Crippen molar-refractivity contribution in [2.24, 2.45) is 0 Å². The maximum absolute atomic E-state index is 15.8. The molecule has 0 N–H and O–H groups in total. The first-order chi connectivity index (χ1) is 16.0. The summed E-state index contributed by atoms with van der Waals surface area (Å²) >= 11 is 0. The summed E-state index contributed by atoms with van der Waals surface area (Å²) in [6.45, 7) is 0. The average Bonchev–Trinajstić information content (AvgIpc) is 2.78. The topological polar surface area (TPSA) is 0 Å². The Kier molecular flexibility index (Phi) is 6.92. The monoisotopic (exact) mass is 552 g/mol. The summed E-state index contributed by atoms with van der Waals surface area (Å²) in [5.74, 6) is -48.7. The molecule has 0 amide bonds. The number of rotatable bonds is 8. The summed E-state index contributed by atoms with van der Waals surface area (Å²) in [6, 6.07) is 7.35. The van der Waals surface area contributed by atoms with Crippen LogP contribution in [0.5, 0.6) is 0 Å². The van der Waals surface area contributed by atoms with E-state index in [1.54, 1.807) is 0 Å². The van der Waals surface area contributed by atoms with Gasteiger partial charge in [0.25, 0.3) is 0 Å². The minimum Gasteiger partial charge on any atom is -0.226 e. The molecule has 0 bridgehead atoms. The van der Waals surface area contributed by atoms with Crippen LogP contribution in [0.25, 0.3) is 0 Å². The molecule has 2 rings (SSSR count). The summed E-state index contributed by atoms with van der Waals surface area (Å²) in [5.41, 5.74) is -8.56.